The number of ether oxygens (including phenoxy) is 8. The molecule has 4 saturated heterocycles. The van der Waals surface area contributed by atoms with Crippen LogP contribution in [0, 0.1) is 0 Å². The fourth-order valence-corrected chi connectivity index (χ4v) is 7.01. The summed E-state index contributed by atoms with van der Waals surface area (Å²) >= 11 is 0. The molecule has 0 spiro atoms. The number of carboxylic acids is 1. The molecule has 0 radical (unpaired) electrons. The maximum absolute atomic E-state index is 12.3. The van der Waals surface area contributed by atoms with Crippen LogP contribution in [-0.4, -0.2) is 232 Å². The third-order valence-corrected chi connectivity index (χ3v) is 9.74. The number of nitrogens with zero attached hydrogens (tertiary/aromatic N) is 3. The number of azide groups is 1. The Hall–Kier alpha value is -0.600. The third-order valence-electron chi connectivity index (χ3n) is 9.28. The Balaban J connectivity index is 0.00000620. The fourth-order valence-electron chi connectivity index (χ4n) is 6.51. The Morgan fingerprint density at radius 2 is 1.22 bits per heavy atom. The zero-order valence-electron chi connectivity index (χ0n) is 31.9. The van der Waals surface area contributed by atoms with Crippen LogP contribution in [0.2, 0.25) is 0 Å². The first-order valence-corrected chi connectivity index (χ1v) is 18.5. The average Bonchev–Trinajstić information content (AvgIpc) is 3.16. The van der Waals surface area contributed by atoms with E-state index in [1.807, 2.05) is 0 Å². The predicted octanol–water partition coefficient (Wildman–Crippen LogP) is -16.0. The van der Waals surface area contributed by atoms with Gasteiger partial charge in [-0.15, -0.1) is 0 Å². The van der Waals surface area contributed by atoms with Crippen LogP contribution in [0.3, 0.4) is 0 Å². The first kappa shape index (κ1) is 55.5. The molecule has 0 aromatic heterocycles. The SMILES string of the molecule is CC(=O)NC1C(OC2C(OCCN=[N+]=[N-])OC(CO)C(O)C2O)OC(CO)C(OC2OC(CO)C(O)C(OC3OC(C(=O)[O-])C(O)C(OS(=O)(=O)[O-])C3O)C2O)C1O.[Na+].[Na+]. The van der Waals surface area contributed by atoms with Gasteiger partial charge in [-0.3, -0.25) is 8.98 Å². The summed E-state index contributed by atoms with van der Waals surface area (Å²) in [5, 5.41) is 123. The van der Waals surface area contributed by atoms with Crippen molar-refractivity contribution < 1.29 is 180 Å². The number of hydrogen-bond acceptors (Lipinski definition) is 26. The van der Waals surface area contributed by atoms with Gasteiger partial charge in [0.05, 0.1) is 32.4 Å². The van der Waals surface area contributed by atoms with Gasteiger partial charge in [-0.25, -0.2) is 8.42 Å². The number of hydrogen-bond donors (Lipinski definition) is 11. The van der Waals surface area contributed by atoms with Crippen LogP contribution in [0.25, 0.3) is 10.4 Å². The normalized spacial score (nSPS) is 42.1. The largest absolute Gasteiger partial charge is 1.00 e. The molecule has 4 rings (SSSR count). The first-order valence-electron chi connectivity index (χ1n) is 17.2. The van der Waals surface area contributed by atoms with Crippen molar-refractivity contribution >= 4 is 22.3 Å². The minimum absolute atomic E-state index is 0. The summed E-state index contributed by atoms with van der Waals surface area (Å²) in [6.45, 7) is -2.46. The number of rotatable bonds is 17. The molecule has 4 aliphatic heterocycles. The van der Waals surface area contributed by atoms with E-state index in [2.05, 4.69) is 19.5 Å². The van der Waals surface area contributed by atoms with Crippen molar-refractivity contribution in [3.63, 3.8) is 0 Å². The van der Waals surface area contributed by atoms with E-state index in [1.165, 1.54) is 0 Å². The van der Waals surface area contributed by atoms with Crippen LogP contribution in [0.4, 0.5) is 0 Å². The summed E-state index contributed by atoms with van der Waals surface area (Å²) in [4.78, 5) is 26.5. The molecule has 4 aliphatic rings. The van der Waals surface area contributed by atoms with Crippen LogP contribution in [0.1, 0.15) is 6.92 Å². The third kappa shape index (κ3) is 13.5. The van der Waals surface area contributed by atoms with Gasteiger partial charge < -0.3 is 109 Å². The minimum Gasteiger partial charge on any atom is -0.726 e. The summed E-state index contributed by atoms with van der Waals surface area (Å²) in [5.41, 5.74) is 8.56. The molecule has 20 unspecified atom stereocenters. The summed E-state index contributed by atoms with van der Waals surface area (Å²) in [6, 6.07) is -1.71. The Morgan fingerprint density at radius 1 is 0.700 bits per heavy atom. The van der Waals surface area contributed by atoms with E-state index in [4.69, 9.17) is 43.4 Å². The molecule has 20 atom stereocenters. The summed E-state index contributed by atoms with van der Waals surface area (Å²) in [6.07, 6.45) is -39.0. The van der Waals surface area contributed by atoms with Crippen molar-refractivity contribution in [2.45, 2.75) is 130 Å². The van der Waals surface area contributed by atoms with Gasteiger partial charge in [-0.1, -0.05) is 5.11 Å². The van der Waals surface area contributed by atoms with Crippen LogP contribution < -0.4 is 69.5 Å². The molecule has 0 aromatic carbocycles. The molecule has 11 N–H and O–H groups in total. The molecule has 0 aromatic rings. The number of nitrogens with one attached hydrogen (secondary N) is 1. The van der Waals surface area contributed by atoms with Gasteiger partial charge >= 0.3 is 59.1 Å². The molecule has 60 heavy (non-hydrogen) atoms. The van der Waals surface area contributed by atoms with Crippen LogP contribution in [-0.2, 0) is 62.1 Å². The van der Waals surface area contributed by atoms with E-state index in [0.717, 1.165) is 6.92 Å². The quantitative estimate of drug-likeness (QED) is 0.0123. The second kappa shape index (κ2) is 24.6. The number of aliphatic hydroxyl groups is 10. The van der Waals surface area contributed by atoms with E-state index in [9.17, 15) is 78.7 Å². The van der Waals surface area contributed by atoms with Gasteiger partial charge in [-0.2, -0.15) is 0 Å². The van der Waals surface area contributed by atoms with Crippen molar-refractivity contribution in [1.82, 2.24) is 5.32 Å². The molecule has 1 amide bonds. The summed E-state index contributed by atoms with van der Waals surface area (Å²) < 4.78 is 82.0. The molecule has 0 aliphatic carbocycles. The van der Waals surface area contributed by atoms with Crippen molar-refractivity contribution in [2.24, 2.45) is 5.11 Å². The number of aliphatic hydroxyl groups excluding tert-OH is 10. The Kier molecular flexibility index (Phi) is 22.8. The maximum Gasteiger partial charge on any atom is 1.00 e. The van der Waals surface area contributed by atoms with Crippen LogP contribution in [0.5, 0.6) is 0 Å². The summed E-state index contributed by atoms with van der Waals surface area (Å²) in [7, 11) is -5.73. The maximum atomic E-state index is 12.3. The Morgan fingerprint density at radius 3 is 1.77 bits per heavy atom. The van der Waals surface area contributed by atoms with Crippen LogP contribution >= 0.6 is 0 Å². The van der Waals surface area contributed by atoms with Gasteiger partial charge in [-0.05, 0) is 5.53 Å². The fraction of sp³-hybridized carbons (Fsp3) is 0.929. The van der Waals surface area contributed by atoms with Crippen molar-refractivity contribution in [1.29, 1.82) is 0 Å². The second-order valence-corrected chi connectivity index (χ2v) is 14.2. The van der Waals surface area contributed by atoms with Gasteiger partial charge in [0.25, 0.3) is 0 Å². The van der Waals surface area contributed by atoms with Crippen LogP contribution in [0.15, 0.2) is 5.11 Å². The standard InChI is InChI=1S/C28H46N4O25S.2Na/c1-7(36)31-11-14(39)19(10(6-35)52-25(11)56-23-15(40)12(37)8(4-33)51-28(23)49-3-2-30-32-29)53-26-17(42)20(13(38)9(5-34)50-26)54-27-18(43)21(57-58(46,47)48)16(41)22(55-27)24(44)45;;/h8-23,25-28,33-35,37-43H,2-6H2,1H3,(H,31,36)(H,44,45)(H,46,47,48);;/q;2*+1/p-2. The van der Waals surface area contributed by atoms with Gasteiger partial charge in [0.1, 0.15) is 97.6 Å². The summed E-state index contributed by atoms with van der Waals surface area (Å²) in [5.74, 6) is -3.04. The number of carbonyl (C=O) groups excluding carboxylic acids is 2. The molecular weight excluding hydrogens is 870 g/mol. The Labute approximate surface area is 383 Å². The van der Waals surface area contributed by atoms with Crippen molar-refractivity contribution in [2.75, 3.05) is 33.0 Å². The average molecular weight is 915 g/mol. The number of aliphatic carboxylic acids is 1. The van der Waals surface area contributed by atoms with E-state index in [0.29, 0.717) is 0 Å². The minimum atomic E-state index is -5.73. The van der Waals surface area contributed by atoms with Gasteiger partial charge in [0.2, 0.25) is 16.3 Å². The molecule has 334 valence electrons. The molecule has 0 saturated carbocycles. The molecular formula is C28H44N4Na2O25S. The molecule has 4 heterocycles. The first-order chi connectivity index (χ1) is 27.3. The van der Waals surface area contributed by atoms with E-state index in [-0.39, 0.29) is 72.3 Å². The molecule has 4 fully saturated rings. The van der Waals surface area contributed by atoms with E-state index in [1.54, 1.807) is 0 Å². The van der Waals surface area contributed by atoms with E-state index < -0.39 is 165 Å². The predicted molar refractivity (Wildman–Crippen MR) is 170 cm³/mol. The topological polar surface area (TPSA) is 461 Å². The molecule has 32 heteroatoms. The zero-order valence-corrected chi connectivity index (χ0v) is 36.7. The number of carboxylic acid groups (broad SMARTS) is 1. The van der Waals surface area contributed by atoms with Crippen molar-refractivity contribution in [3.8, 4) is 0 Å². The van der Waals surface area contributed by atoms with Gasteiger partial charge in [0, 0.05) is 18.4 Å². The van der Waals surface area contributed by atoms with Gasteiger partial charge in [0.15, 0.2) is 25.2 Å². The molecule has 0 bridgehead atoms. The Bertz CT molecular complexity index is 1540. The monoisotopic (exact) mass is 914 g/mol. The smallest absolute Gasteiger partial charge is 0.726 e. The van der Waals surface area contributed by atoms with E-state index >= 15 is 0 Å². The van der Waals surface area contributed by atoms with Crippen molar-refractivity contribution in [3.05, 3.63) is 10.4 Å². The molecule has 29 nitrogen and oxygen atoms in total. The zero-order chi connectivity index (χ0) is 43.2. The number of carbonyl (C=O) groups is 2. The number of amides is 1. The second-order valence-electron chi connectivity index (χ2n) is 13.2.